The van der Waals surface area contributed by atoms with E-state index in [0.717, 1.165) is 10.5 Å². The molecular weight excluding hydrogens is 232 g/mol. The van der Waals surface area contributed by atoms with Gasteiger partial charge in [-0.15, -0.1) is 0 Å². The van der Waals surface area contributed by atoms with Crippen molar-refractivity contribution in [3.8, 4) is 0 Å². The van der Waals surface area contributed by atoms with E-state index in [1.165, 1.54) is 0 Å². The van der Waals surface area contributed by atoms with E-state index < -0.39 is 0 Å². The molecule has 1 saturated heterocycles. The molecule has 1 unspecified atom stereocenters. The molecule has 3 amide bonds. The number of nitrogens with zero attached hydrogens (tertiary/aromatic N) is 1. The average molecular weight is 248 g/mol. The highest BCUT2D eigenvalue weighted by Crippen LogP contribution is 2.09. The Bertz CT molecular complexity index is 433. The van der Waals surface area contributed by atoms with Crippen molar-refractivity contribution in [3.63, 3.8) is 0 Å². The number of rotatable bonds is 4. The van der Waals surface area contributed by atoms with Crippen LogP contribution in [0.4, 0.5) is 4.79 Å². The molecule has 0 bridgehead atoms. The first-order valence-corrected chi connectivity index (χ1v) is 5.89. The maximum Gasteiger partial charge on any atom is 0.326 e. The summed E-state index contributed by atoms with van der Waals surface area (Å²) in [4.78, 5) is 24.4. The number of urea groups is 1. The third-order valence-corrected chi connectivity index (χ3v) is 2.82. The highest BCUT2D eigenvalue weighted by Gasteiger charge is 2.31. The summed E-state index contributed by atoms with van der Waals surface area (Å²) in [5.74, 6) is -0.380. The second kappa shape index (κ2) is 5.64. The monoisotopic (exact) mass is 248 g/mol. The van der Waals surface area contributed by atoms with Crippen molar-refractivity contribution in [2.75, 3.05) is 13.3 Å². The first-order chi connectivity index (χ1) is 8.68. The molecule has 2 rings (SSSR count). The van der Waals surface area contributed by atoms with Crippen LogP contribution in [0.3, 0.4) is 0 Å². The van der Waals surface area contributed by atoms with Crippen LogP contribution in [-0.4, -0.2) is 30.1 Å². The number of imide groups is 1. The van der Waals surface area contributed by atoms with Crippen molar-refractivity contribution in [2.45, 2.75) is 13.5 Å². The third kappa shape index (κ3) is 2.87. The number of hydrogen-bond acceptors (Lipinski definition) is 3. The minimum absolute atomic E-state index is 0.0100. The highest BCUT2D eigenvalue weighted by molar-refractivity contribution is 5.97. The summed E-state index contributed by atoms with van der Waals surface area (Å²) >= 11 is 0. The first-order valence-electron chi connectivity index (χ1n) is 5.89. The fourth-order valence-corrected chi connectivity index (χ4v) is 1.74. The minimum Gasteiger partial charge on any atom is -0.356 e. The second-order valence-corrected chi connectivity index (χ2v) is 4.32. The number of ether oxygens (including phenoxy) is 1. The molecule has 1 aromatic rings. The molecule has 1 fully saturated rings. The van der Waals surface area contributed by atoms with Gasteiger partial charge in [0.2, 0.25) is 5.91 Å². The maximum atomic E-state index is 11.8. The third-order valence-electron chi connectivity index (χ3n) is 2.82. The molecule has 1 heterocycles. The van der Waals surface area contributed by atoms with E-state index in [2.05, 4.69) is 5.32 Å². The molecule has 1 aliphatic heterocycles. The summed E-state index contributed by atoms with van der Waals surface area (Å²) in [6.45, 7) is 2.55. The molecular formula is C13H16N2O3. The molecule has 1 atom stereocenters. The Morgan fingerprint density at radius 1 is 1.33 bits per heavy atom. The van der Waals surface area contributed by atoms with Crippen molar-refractivity contribution in [3.05, 3.63) is 35.9 Å². The fraction of sp³-hybridized carbons (Fsp3) is 0.385. The van der Waals surface area contributed by atoms with Crippen molar-refractivity contribution in [1.29, 1.82) is 0 Å². The predicted octanol–water partition coefficient (Wildman–Crippen LogP) is 1.35. The summed E-state index contributed by atoms with van der Waals surface area (Å²) in [7, 11) is 0. The largest absolute Gasteiger partial charge is 0.356 e. The lowest BCUT2D eigenvalue weighted by atomic mass is 10.1. The topological polar surface area (TPSA) is 58.6 Å². The lowest BCUT2D eigenvalue weighted by Gasteiger charge is -2.29. The van der Waals surface area contributed by atoms with Crippen LogP contribution < -0.4 is 5.32 Å². The van der Waals surface area contributed by atoms with Gasteiger partial charge in [0.1, 0.15) is 6.73 Å². The fourth-order valence-electron chi connectivity index (χ4n) is 1.74. The average Bonchev–Trinajstić information content (AvgIpc) is 2.39. The summed E-state index contributed by atoms with van der Waals surface area (Å²) < 4.78 is 5.39. The molecule has 1 aliphatic rings. The number of benzene rings is 1. The Balaban J connectivity index is 1.85. The zero-order valence-electron chi connectivity index (χ0n) is 10.3. The van der Waals surface area contributed by atoms with Crippen LogP contribution in [0.15, 0.2) is 30.3 Å². The normalized spacial score (nSPS) is 19.8. The van der Waals surface area contributed by atoms with Crippen LogP contribution in [0.5, 0.6) is 0 Å². The van der Waals surface area contributed by atoms with Gasteiger partial charge < -0.3 is 10.1 Å². The molecule has 0 aromatic heterocycles. The van der Waals surface area contributed by atoms with Gasteiger partial charge in [-0.3, -0.25) is 4.79 Å². The molecule has 18 heavy (non-hydrogen) atoms. The molecule has 0 saturated carbocycles. The van der Waals surface area contributed by atoms with Gasteiger partial charge in [0.25, 0.3) is 0 Å². The van der Waals surface area contributed by atoms with E-state index >= 15 is 0 Å². The zero-order chi connectivity index (χ0) is 13.0. The van der Waals surface area contributed by atoms with Gasteiger partial charge >= 0.3 is 6.03 Å². The first kappa shape index (κ1) is 12.6. The smallest absolute Gasteiger partial charge is 0.326 e. The Morgan fingerprint density at radius 3 is 2.78 bits per heavy atom. The Labute approximate surface area is 106 Å². The standard InChI is InChI=1S/C13H16N2O3/c1-10-7-14-13(17)15(12(10)16)9-18-8-11-5-3-2-4-6-11/h2-6,10H,7-9H2,1H3,(H,14,17). The van der Waals surface area contributed by atoms with Gasteiger partial charge in [-0.25, -0.2) is 9.69 Å². The van der Waals surface area contributed by atoms with Crippen molar-refractivity contribution < 1.29 is 14.3 Å². The van der Waals surface area contributed by atoms with Crippen molar-refractivity contribution in [2.24, 2.45) is 5.92 Å². The van der Waals surface area contributed by atoms with E-state index in [1.54, 1.807) is 6.92 Å². The molecule has 0 spiro atoms. The lowest BCUT2D eigenvalue weighted by molar-refractivity contribution is -0.138. The SMILES string of the molecule is CC1CNC(=O)N(COCc2ccccc2)C1=O. The molecule has 0 radical (unpaired) electrons. The molecule has 96 valence electrons. The lowest BCUT2D eigenvalue weighted by Crippen LogP contribution is -2.54. The van der Waals surface area contributed by atoms with Crippen molar-refractivity contribution >= 4 is 11.9 Å². The van der Waals surface area contributed by atoms with E-state index in [4.69, 9.17) is 4.74 Å². The van der Waals surface area contributed by atoms with Crippen LogP contribution in [-0.2, 0) is 16.1 Å². The second-order valence-electron chi connectivity index (χ2n) is 4.32. The predicted molar refractivity (Wildman–Crippen MR) is 65.5 cm³/mol. The van der Waals surface area contributed by atoms with Gasteiger partial charge in [-0.2, -0.15) is 0 Å². The number of amides is 3. The Hall–Kier alpha value is -1.88. The van der Waals surface area contributed by atoms with E-state index in [9.17, 15) is 9.59 Å². The van der Waals surface area contributed by atoms with Gasteiger partial charge in [0.15, 0.2) is 0 Å². The summed E-state index contributed by atoms with van der Waals surface area (Å²) in [5.41, 5.74) is 1.01. The summed E-state index contributed by atoms with van der Waals surface area (Å²) in [6, 6.07) is 9.24. The van der Waals surface area contributed by atoms with Crippen LogP contribution in [0.2, 0.25) is 0 Å². The van der Waals surface area contributed by atoms with Gasteiger partial charge in [-0.1, -0.05) is 37.3 Å². The van der Waals surface area contributed by atoms with Gasteiger partial charge in [0.05, 0.1) is 12.5 Å². The number of carbonyl (C=O) groups is 2. The quantitative estimate of drug-likeness (QED) is 0.875. The van der Waals surface area contributed by atoms with Gasteiger partial charge in [0, 0.05) is 6.54 Å². The van der Waals surface area contributed by atoms with Crippen LogP contribution in [0.25, 0.3) is 0 Å². The minimum atomic E-state index is -0.383. The van der Waals surface area contributed by atoms with E-state index in [-0.39, 0.29) is 24.6 Å². The molecule has 5 nitrogen and oxygen atoms in total. The number of hydrogen-bond donors (Lipinski definition) is 1. The van der Waals surface area contributed by atoms with Crippen LogP contribution >= 0.6 is 0 Å². The van der Waals surface area contributed by atoms with E-state index in [1.807, 2.05) is 30.3 Å². The van der Waals surface area contributed by atoms with Gasteiger partial charge in [-0.05, 0) is 5.56 Å². The van der Waals surface area contributed by atoms with E-state index in [0.29, 0.717) is 13.2 Å². The summed E-state index contributed by atoms with van der Waals surface area (Å²) in [5, 5.41) is 2.65. The number of nitrogens with one attached hydrogen (secondary N) is 1. The highest BCUT2D eigenvalue weighted by atomic mass is 16.5. The Morgan fingerprint density at radius 2 is 2.06 bits per heavy atom. The molecule has 1 aromatic carbocycles. The van der Waals surface area contributed by atoms with Crippen LogP contribution in [0, 0.1) is 5.92 Å². The van der Waals surface area contributed by atoms with Crippen molar-refractivity contribution in [1.82, 2.24) is 10.2 Å². The molecule has 1 N–H and O–H groups in total. The molecule has 0 aliphatic carbocycles. The number of carbonyl (C=O) groups excluding carboxylic acids is 2. The maximum absolute atomic E-state index is 11.8. The van der Waals surface area contributed by atoms with Crippen LogP contribution in [0.1, 0.15) is 12.5 Å². The summed E-state index contributed by atoms with van der Waals surface area (Å²) in [6.07, 6.45) is 0. The molecule has 5 heteroatoms. The zero-order valence-corrected chi connectivity index (χ0v) is 10.3. The Kier molecular flexibility index (Phi) is 3.94.